The molecule has 0 aliphatic carbocycles. The van der Waals surface area contributed by atoms with E-state index in [-0.39, 0.29) is 24.0 Å². The molecule has 23 heavy (non-hydrogen) atoms. The molecule has 0 radical (unpaired) electrons. The van der Waals surface area contributed by atoms with Gasteiger partial charge in [-0.15, -0.1) is 11.3 Å². The number of hydrogen-bond donors (Lipinski definition) is 2. The van der Waals surface area contributed by atoms with Gasteiger partial charge in [0.1, 0.15) is 0 Å². The number of ether oxygens (including phenoxy) is 1. The quantitative estimate of drug-likeness (QED) is 0.861. The lowest BCUT2D eigenvalue weighted by molar-refractivity contribution is -0.0216. The number of piperidine rings is 1. The van der Waals surface area contributed by atoms with E-state index in [1.54, 1.807) is 0 Å². The second kappa shape index (κ2) is 6.51. The number of carbonyl (C=O) groups excluding carboxylic acids is 1. The summed E-state index contributed by atoms with van der Waals surface area (Å²) in [5.41, 5.74) is 0.223. The third-order valence-electron chi connectivity index (χ3n) is 5.26. The van der Waals surface area contributed by atoms with Crippen LogP contribution in [0.1, 0.15) is 35.0 Å². The molecule has 0 bridgehead atoms. The molecule has 2 fully saturated rings. The molecule has 5 nitrogen and oxygen atoms in total. The monoisotopic (exact) mass is 338 g/mol. The van der Waals surface area contributed by atoms with E-state index >= 15 is 0 Å². The molecule has 3 rings (SSSR count). The fourth-order valence-corrected chi connectivity index (χ4v) is 4.70. The molecule has 0 saturated carbocycles. The van der Waals surface area contributed by atoms with E-state index in [0.717, 1.165) is 23.4 Å². The molecule has 128 valence electrons. The number of aliphatic hydroxyl groups is 1. The van der Waals surface area contributed by atoms with Gasteiger partial charge in [-0.05, 0) is 50.7 Å². The molecule has 2 N–H and O–H groups in total. The van der Waals surface area contributed by atoms with Gasteiger partial charge in [-0.2, -0.15) is 0 Å². The Morgan fingerprint density at radius 2 is 2.35 bits per heavy atom. The zero-order valence-corrected chi connectivity index (χ0v) is 14.9. The average molecular weight is 338 g/mol. The molecule has 1 aromatic heterocycles. The number of fused-ring (bicyclic) bond motifs is 1. The lowest BCUT2D eigenvalue weighted by Gasteiger charge is -2.39. The first-order valence-corrected chi connectivity index (χ1v) is 9.15. The third-order valence-corrected chi connectivity index (χ3v) is 6.26. The molecule has 3 heterocycles. The lowest BCUT2D eigenvalue weighted by atomic mass is 9.82. The van der Waals surface area contributed by atoms with Gasteiger partial charge in [-0.3, -0.25) is 4.79 Å². The molecule has 0 aromatic carbocycles. The fourth-order valence-electron chi connectivity index (χ4n) is 3.81. The molecule has 1 amide bonds. The summed E-state index contributed by atoms with van der Waals surface area (Å²) in [7, 11) is 1.85. The van der Waals surface area contributed by atoms with Crippen molar-refractivity contribution in [3.05, 3.63) is 21.9 Å². The second-order valence-corrected chi connectivity index (χ2v) is 7.92. The number of likely N-dealkylation sites (tertiary alicyclic amines) is 1. The van der Waals surface area contributed by atoms with Gasteiger partial charge in [0.15, 0.2) is 0 Å². The Hall–Kier alpha value is -0.950. The van der Waals surface area contributed by atoms with Crippen molar-refractivity contribution in [2.45, 2.75) is 44.4 Å². The van der Waals surface area contributed by atoms with Crippen LogP contribution in [0.25, 0.3) is 0 Å². The smallest absolute Gasteiger partial charge is 0.264 e. The minimum Gasteiger partial charge on any atom is -0.388 e. The highest BCUT2D eigenvalue weighted by atomic mass is 32.1. The molecule has 6 heteroatoms. The van der Waals surface area contributed by atoms with Crippen LogP contribution in [0.2, 0.25) is 0 Å². The predicted molar refractivity (Wildman–Crippen MR) is 90.9 cm³/mol. The predicted octanol–water partition coefficient (Wildman–Crippen LogP) is 1.65. The number of amides is 1. The first kappa shape index (κ1) is 16.9. The third kappa shape index (κ3) is 3.31. The van der Waals surface area contributed by atoms with Crippen LogP contribution in [0.15, 0.2) is 11.4 Å². The van der Waals surface area contributed by atoms with Crippen molar-refractivity contribution < 1.29 is 14.6 Å². The Bertz CT molecular complexity index is 572. The van der Waals surface area contributed by atoms with Crippen LogP contribution in [-0.2, 0) is 4.74 Å². The molecular weight excluding hydrogens is 312 g/mol. The Kier molecular flexibility index (Phi) is 4.78. The highest BCUT2D eigenvalue weighted by Gasteiger charge is 2.43. The number of nitrogens with one attached hydrogen (secondary N) is 1. The fraction of sp³-hybridized carbons (Fsp3) is 0.706. The first-order chi connectivity index (χ1) is 10.9. The molecule has 0 unspecified atom stereocenters. The van der Waals surface area contributed by atoms with E-state index in [4.69, 9.17) is 4.74 Å². The van der Waals surface area contributed by atoms with Crippen LogP contribution >= 0.6 is 11.3 Å². The normalized spacial score (nSPS) is 34.8. The van der Waals surface area contributed by atoms with Crippen molar-refractivity contribution in [2.24, 2.45) is 5.92 Å². The van der Waals surface area contributed by atoms with Gasteiger partial charge in [-0.1, -0.05) is 0 Å². The number of nitrogens with zero attached hydrogens (tertiary/aromatic N) is 1. The summed E-state index contributed by atoms with van der Waals surface area (Å²) in [4.78, 5) is 15.5. The summed E-state index contributed by atoms with van der Waals surface area (Å²) in [6.07, 6.45) is 1.62. The van der Waals surface area contributed by atoms with Crippen LogP contribution in [0.3, 0.4) is 0 Å². The molecular formula is C17H26N2O3S. The van der Waals surface area contributed by atoms with Crippen molar-refractivity contribution >= 4 is 17.2 Å². The summed E-state index contributed by atoms with van der Waals surface area (Å²) in [6.45, 7) is 5.75. The topological polar surface area (TPSA) is 61.8 Å². The summed E-state index contributed by atoms with van der Waals surface area (Å²) >= 11 is 1.51. The summed E-state index contributed by atoms with van der Waals surface area (Å²) in [5, 5.41) is 15.9. The van der Waals surface area contributed by atoms with Crippen molar-refractivity contribution in [1.29, 1.82) is 0 Å². The maximum absolute atomic E-state index is 12.7. The number of hydrogen-bond acceptors (Lipinski definition) is 5. The maximum atomic E-state index is 12.7. The van der Waals surface area contributed by atoms with E-state index in [1.807, 2.05) is 37.2 Å². The molecule has 4 atom stereocenters. The summed E-state index contributed by atoms with van der Waals surface area (Å²) in [6, 6.07) is 1.92. The van der Waals surface area contributed by atoms with Crippen molar-refractivity contribution in [1.82, 2.24) is 10.2 Å². The van der Waals surface area contributed by atoms with Crippen molar-refractivity contribution in [2.75, 3.05) is 26.7 Å². The molecule has 0 spiro atoms. The van der Waals surface area contributed by atoms with E-state index < -0.39 is 5.60 Å². The Balaban J connectivity index is 1.74. The maximum Gasteiger partial charge on any atom is 0.264 e. The minimum absolute atomic E-state index is 0.0724. The molecule has 2 aliphatic rings. The average Bonchev–Trinajstić information content (AvgIpc) is 2.88. The van der Waals surface area contributed by atoms with E-state index in [1.165, 1.54) is 11.3 Å². The van der Waals surface area contributed by atoms with Crippen LogP contribution in [0.4, 0.5) is 0 Å². The standard InChI is InChI=1S/C17H26N2O3S/c1-11-5-7-23-15(11)16(20)19-6-4-13-12(9-19)8-17(2,21)14(18-3)10-22-13/h5,7,12-14,18,21H,4,6,8-10H2,1-3H3/t12-,13+,14+,17+/m0/s1. The summed E-state index contributed by atoms with van der Waals surface area (Å²) in [5.74, 6) is 0.298. The molecule has 2 saturated heterocycles. The highest BCUT2D eigenvalue weighted by molar-refractivity contribution is 7.12. The number of carbonyl (C=O) groups is 1. The van der Waals surface area contributed by atoms with E-state index in [0.29, 0.717) is 19.6 Å². The minimum atomic E-state index is -0.820. The lowest BCUT2D eigenvalue weighted by Crippen LogP contribution is -2.51. The number of rotatable bonds is 2. The van der Waals surface area contributed by atoms with Gasteiger partial charge in [0.05, 0.1) is 29.2 Å². The molecule has 2 aliphatic heterocycles. The van der Waals surface area contributed by atoms with Gasteiger partial charge < -0.3 is 20.1 Å². The van der Waals surface area contributed by atoms with Gasteiger partial charge in [0, 0.05) is 19.0 Å². The van der Waals surface area contributed by atoms with Gasteiger partial charge in [-0.25, -0.2) is 0 Å². The van der Waals surface area contributed by atoms with Crippen molar-refractivity contribution in [3.63, 3.8) is 0 Å². The van der Waals surface area contributed by atoms with Crippen molar-refractivity contribution in [3.8, 4) is 0 Å². The number of aryl methyl sites for hydroxylation is 1. The number of likely N-dealkylation sites (N-methyl/N-ethyl adjacent to an activating group) is 1. The van der Waals surface area contributed by atoms with Crippen LogP contribution < -0.4 is 5.32 Å². The Labute approximate surface area is 141 Å². The van der Waals surface area contributed by atoms with Gasteiger partial charge in [0.25, 0.3) is 5.91 Å². The van der Waals surface area contributed by atoms with Gasteiger partial charge >= 0.3 is 0 Å². The highest BCUT2D eigenvalue weighted by Crippen LogP contribution is 2.34. The van der Waals surface area contributed by atoms with E-state index in [9.17, 15) is 9.90 Å². The Morgan fingerprint density at radius 1 is 1.57 bits per heavy atom. The SMILES string of the molecule is CN[C@@H]1CO[C@@H]2CCN(C(=O)c3sccc3C)C[C@@H]2C[C@@]1(C)O. The largest absolute Gasteiger partial charge is 0.388 e. The number of thiophene rings is 1. The first-order valence-electron chi connectivity index (χ1n) is 8.27. The van der Waals surface area contributed by atoms with Crippen LogP contribution in [0, 0.1) is 12.8 Å². The Morgan fingerprint density at radius 3 is 3.00 bits per heavy atom. The zero-order chi connectivity index (χ0) is 16.6. The van der Waals surface area contributed by atoms with Gasteiger partial charge in [0.2, 0.25) is 0 Å². The van der Waals surface area contributed by atoms with E-state index in [2.05, 4.69) is 5.32 Å². The van der Waals surface area contributed by atoms with Crippen LogP contribution in [-0.4, -0.2) is 60.4 Å². The second-order valence-electron chi connectivity index (χ2n) is 7.01. The zero-order valence-electron chi connectivity index (χ0n) is 14.0. The summed E-state index contributed by atoms with van der Waals surface area (Å²) < 4.78 is 6.03. The molecule has 1 aromatic rings. The van der Waals surface area contributed by atoms with Crippen LogP contribution in [0.5, 0.6) is 0 Å².